The number of carboxylic acids is 1. The molecule has 0 heterocycles. The first-order valence-electron chi connectivity index (χ1n) is 6.37. The van der Waals surface area contributed by atoms with Crippen molar-refractivity contribution in [3.8, 4) is 0 Å². The third kappa shape index (κ3) is 3.45. The van der Waals surface area contributed by atoms with E-state index in [9.17, 15) is 14.0 Å². The van der Waals surface area contributed by atoms with Gasteiger partial charge in [-0.3, -0.25) is 4.79 Å². The van der Waals surface area contributed by atoms with Crippen molar-refractivity contribution >= 4 is 17.6 Å². The lowest BCUT2D eigenvalue weighted by Gasteiger charge is -2.14. The van der Waals surface area contributed by atoms with Crippen LogP contribution in [-0.2, 0) is 4.79 Å². The highest BCUT2D eigenvalue weighted by Gasteiger charge is 2.18. The first-order chi connectivity index (χ1) is 9.99. The van der Waals surface area contributed by atoms with Crippen molar-refractivity contribution in [1.82, 2.24) is 0 Å². The average Bonchev–Trinajstić information content (AvgIpc) is 2.49. The van der Waals surface area contributed by atoms with Crippen molar-refractivity contribution in [3.63, 3.8) is 0 Å². The maximum absolute atomic E-state index is 13.1. The number of hydrogen-bond acceptors (Lipinski definition) is 2. The number of hydrogen-bond donors (Lipinski definition) is 2. The second-order valence-corrected chi connectivity index (χ2v) is 4.62. The highest BCUT2D eigenvalue weighted by Crippen LogP contribution is 2.21. The molecule has 1 amide bonds. The summed E-state index contributed by atoms with van der Waals surface area (Å²) >= 11 is 0. The maximum Gasteiger partial charge on any atom is 0.337 e. The van der Waals surface area contributed by atoms with Crippen LogP contribution in [0.2, 0.25) is 0 Å². The fourth-order valence-corrected chi connectivity index (χ4v) is 1.94. The zero-order valence-electron chi connectivity index (χ0n) is 11.3. The van der Waals surface area contributed by atoms with E-state index in [0.29, 0.717) is 0 Å². The van der Waals surface area contributed by atoms with Crippen LogP contribution in [0.15, 0.2) is 48.5 Å². The molecule has 21 heavy (non-hydrogen) atoms. The Morgan fingerprint density at radius 3 is 2.43 bits per heavy atom. The zero-order chi connectivity index (χ0) is 15.4. The SMILES string of the molecule is CC(C(=O)Nc1ccc(F)cc1C(=O)O)c1ccccc1. The van der Waals surface area contributed by atoms with Crippen LogP contribution in [0.3, 0.4) is 0 Å². The molecule has 1 atom stereocenters. The molecule has 108 valence electrons. The Hall–Kier alpha value is -2.69. The minimum Gasteiger partial charge on any atom is -0.478 e. The molecular weight excluding hydrogens is 273 g/mol. The van der Waals surface area contributed by atoms with E-state index in [1.807, 2.05) is 30.3 Å². The summed E-state index contributed by atoms with van der Waals surface area (Å²) in [5.41, 5.74) is 0.620. The van der Waals surface area contributed by atoms with Gasteiger partial charge < -0.3 is 10.4 Å². The smallest absolute Gasteiger partial charge is 0.337 e. The summed E-state index contributed by atoms with van der Waals surface area (Å²) in [4.78, 5) is 23.3. The van der Waals surface area contributed by atoms with E-state index in [-0.39, 0.29) is 17.2 Å². The van der Waals surface area contributed by atoms with E-state index in [1.54, 1.807) is 6.92 Å². The van der Waals surface area contributed by atoms with Crippen molar-refractivity contribution in [2.75, 3.05) is 5.32 Å². The van der Waals surface area contributed by atoms with Crippen molar-refractivity contribution in [1.29, 1.82) is 0 Å². The van der Waals surface area contributed by atoms with E-state index in [1.165, 1.54) is 6.07 Å². The third-order valence-corrected chi connectivity index (χ3v) is 3.16. The summed E-state index contributed by atoms with van der Waals surface area (Å²) in [5.74, 6) is -2.76. The van der Waals surface area contributed by atoms with Gasteiger partial charge in [0.15, 0.2) is 0 Å². The van der Waals surface area contributed by atoms with Gasteiger partial charge in [-0.2, -0.15) is 0 Å². The van der Waals surface area contributed by atoms with Gasteiger partial charge in [-0.05, 0) is 30.7 Å². The summed E-state index contributed by atoms with van der Waals surface area (Å²) in [6, 6.07) is 12.3. The summed E-state index contributed by atoms with van der Waals surface area (Å²) in [6.45, 7) is 1.72. The second-order valence-electron chi connectivity index (χ2n) is 4.62. The first-order valence-corrected chi connectivity index (χ1v) is 6.37. The van der Waals surface area contributed by atoms with E-state index >= 15 is 0 Å². The van der Waals surface area contributed by atoms with Gasteiger partial charge in [0.1, 0.15) is 5.82 Å². The van der Waals surface area contributed by atoms with E-state index in [4.69, 9.17) is 5.11 Å². The number of carbonyl (C=O) groups excluding carboxylic acids is 1. The Morgan fingerprint density at radius 1 is 1.14 bits per heavy atom. The largest absolute Gasteiger partial charge is 0.478 e. The first kappa shape index (κ1) is 14.7. The molecule has 0 aliphatic carbocycles. The number of anilines is 1. The summed E-state index contributed by atoms with van der Waals surface area (Å²) in [6.07, 6.45) is 0. The molecule has 0 saturated carbocycles. The molecule has 2 aromatic rings. The van der Waals surface area contributed by atoms with Crippen LogP contribution in [0.25, 0.3) is 0 Å². The molecule has 5 heteroatoms. The number of amides is 1. The Balaban J connectivity index is 2.22. The van der Waals surface area contributed by atoms with Gasteiger partial charge in [0.05, 0.1) is 17.2 Å². The molecule has 0 bridgehead atoms. The molecule has 1 unspecified atom stereocenters. The highest BCUT2D eigenvalue weighted by molar-refractivity contribution is 6.02. The Morgan fingerprint density at radius 2 is 1.81 bits per heavy atom. The molecule has 0 aromatic heterocycles. The number of carbonyl (C=O) groups is 2. The van der Waals surface area contributed by atoms with E-state index in [0.717, 1.165) is 17.7 Å². The van der Waals surface area contributed by atoms with Crippen LogP contribution in [0.5, 0.6) is 0 Å². The normalized spacial score (nSPS) is 11.7. The quantitative estimate of drug-likeness (QED) is 0.907. The molecule has 0 aliphatic heterocycles. The lowest BCUT2D eigenvalue weighted by atomic mass is 10.00. The summed E-state index contributed by atoms with van der Waals surface area (Å²) in [7, 11) is 0. The second kappa shape index (κ2) is 6.17. The fourth-order valence-electron chi connectivity index (χ4n) is 1.94. The van der Waals surface area contributed by atoms with Gasteiger partial charge >= 0.3 is 5.97 Å². The molecule has 2 N–H and O–H groups in total. The molecule has 0 spiro atoms. The maximum atomic E-state index is 13.1. The van der Waals surface area contributed by atoms with Crippen molar-refractivity contribution < 1.29 is 19.1 Å². The molecular formula is C16H14FNO3. The number of carboxylic acid groups (broad SMARTS) is 1. The van der Waals surface area contributed by atoms with E-state index in [2.05, 4.69) is 5.32 Å². The van der Waals surface area contributed by atoms with Crippen LogP contribution >= 0.6 is 0 Å². The van der Waals surface area contributed by atoms with Gasteiger partial charge in [-0.25, -0.2) is 9.18 Å². The Bertz CT molecular complexity index is 670. The van der Waals surface area contributed by atoms with Crippen LogP contribution in [0, 0.1) is 5.82 Å². The molecule has 0 radical (unpaired) electrons. The zero-order valence-corrected chi connectivity index (χ0v) is 11.3. The molecule has 0 fully saturated rings. The molecule has 2 aromatic carbocycles. The van der Waals surface area contributed by atoms with Gasteiger partial charge in [0.2, 0.25) is 5.91 Å². The monoisotopic (exact) mass is 287 g/mol. The van der Waals surface area contributed by atoms with Crippen LogP contribution in [0.4, 0.5) is 10.1 Å². The average molecular weight is 287 g/mol. The lowest BCUT2D eigenvalue weighted by Crippen LogP contribution is -2.20. The molecule has 0 saturated heterocycles. The molecule has 4 nitrogen and oxygen atoms in total. The minimum atomic E-state index is -1.29. The standard InChI is InChI=1S/C16H14FNO3/c1-10(11-5-3-2-4-6-11)15(19)18-14-8-7-12(17)9-13(14)16(20)21/h2-10H,1H3,(H,18,19)(H,20,21). The Kier molecular flexibility index (Phi) is 4.33. The molecule has 0 aliphatic rings. The minimum absolute atomic E-state index is 0.0803. The highest BCUT2D eigenvalue weighted by atomic mass is 19.1. The van der Waals surface area contributed by atoms with Crippen LogP contribution in [-0.4, -0.2) is 17.0 Å². The number of aromatic carboxylic acids is 1. The van der Waals surface area contributed by atoms with Gasteiger partial charge in [0, 0.05) is 0 Å². The number of halogens is 1. The van der Waals surface area contributed by atoms with Crippen molar-refractivity contribution in [2.24, 2.45) is 0 Å². The fraction of sp³-hybridized carbons (Fsp3) is 0.125. The van der Waals surface area contributed by atoms with Crippen LogP contribution < -0.4 is 5.32 Å². The predicted octanol–water partition coefficient (Wildman–Crippen LogP) is 3.27. The molecule has 2 rings (SSSR count). The van der Waals surface area contributed by atoms with Crippen LogP contribution in [0.1, 0.15) is 28.8 Å². The predicted molar refractivity (Wildman–Crippen MR) is 76.8 cm³/mol. The number of benzene rings is 2. The summed E-state index contributed by atoms with van der Waals surface area (Å²) < 4.78 is 13.1. The van der Waals surface area contributed by atoms with Gasteiger partial charge in [0.25, 0.3) is 0 Å². The van der Waals surface area contributed by atoms with Crippen molar-refractivity contribution in [2.45, 2.75) is 12.8 Å². The van der Waals surface area contributed by atoms with Gasteiger partial charge in [-0.15, -0.1) is 0 Å². The summed E-state index contributed by atoms with van der Waals surface area (Å²) in [5, 5.41) is 11.6. The number of rotatable bonds is 4. The van der Waals surface area contributed by atoms with Crippen molar-refractivity contribution in [3.05, 3.63) is 65.5 Å². The third-order valence-electron chi connectivity index (χ3n) is 3.16. The number of nitrogens with one attached hydrogen (secondary N) is 1. The lowest BCUT2D eigenvalue weighted by molar-refractivity contribution is -0.117. The van der Waals surface area contributed by atoms with E-state index < -0.39 is 17.7 Å². The Labute approximate surface area is 121 Å². The van der Waals surface area contributed by atoms with Gasteiger partial charge in [-0.1, -0.05) is 30.3 Å². The topological polar surface area (TPSA) is 66.4 Å².